The second-order valence-electron chi connectivity index (χ2n) is 8.16. The number of nitrogens with zero attached hydrogens (tertiary/aromatic N) is 1. The maximum absolute atomic E-state index is 12.8. The molecule has 1 aliphatic rings. The van der Waals surface area contributed by atoms with Crippen LogP contribution < -0.4 is 10.6 Å². The summed E-state index contributed by atoms with van der Waals surface area (Å²) in [5.41, 5.74) is -0.687. The highest BCUT2D eigenvalue weighted by molar-refractivity contribution is 5.88. The predicted molar refractivity (Wildman–Crippen MR) is 114 cm³/mol. The lowest BCUT2D eigenvalue weighted by Crippen LogP contribution is -2.54. The van der Waals surface area contributed by atoms with E-state index in [1.54, 1.807) is 34.6 Å². The Balaban J connectivity index is 0.00000407. The van der Waals surface area contributed by atoms with Crippen LogP contribution in [0.5, 0.6) is 0 Å². The minimum Gasteiger partial charge on any atom is -0.467 e. The largest absolute Gasteiger partial charge is 0.467 e. The van der Waals surface area contributed by atoms with Gasteiger partial charge in [-0.15, -0.1) is 0 Å². The van der Waals surface area contributed by atoms with Gasteiger partial charge in [-0.05, 0) is 53.9 Å². The molecule has 1 fully saturated rings. The summed E-state index contributed by atoms with van der Waals surface area (Å²) in [4.78, 5) is 50.5. The molecule has 0 aliphatic carbocycles. The highest BCUT2D eigenvalue weighted by atomic mass is 16.6. The van der Waals surface area contributed by atoms with Crippen LogP contribution in [0.3, 0.4) is 0 Å². The van der Waals surface area contributed by atoms with Crippen molar-refractivity contribution in [1.29, 1.82) is 0 Å². The maximum atomic E-state index is 12.8. The molecule has 0 aromatic rings. The molecule has 1 heterocycles. The van der Waals surface area contributed by atoms with Gasteiger partial charge < -0.3 is 25.0 Å². The summed E-state index contributed by atoms with van der Waals surface area (Å²) in [5, 5.41) is 5.20. The van der Waals surface area contributed by atoms with E-state index in [9.17, 15) is 19.2 Å². The highest BCUT2D eigenvalue weighted by Gasteiger charge is 2.37. The molecular formula is C21H39N3O6. The molecule has 1 aliphatic heterocycles. The average molecular weight is 430 g/mol. The van der Waals surface area contributed by atoms with Crippen molar-refractivity contribution < 1.29 is 28.7 Å². The van der Waals surface area contributed by atoms with Crippen LogP contribution in [-0.2, 0) is 23.9 Å². The molecule has 0 aromatic heterocycles. The van der Waals surface area contributed by atoms with Gasteiger partial charge in [0.2, 0.25) is 11.8 Å². The lowest BCUT2D eigenvalue weighted by Gasteiger charge is -2.35. The number of alkyl carbamates (subject to hydrolysis) is 1. The van der Waals surface area contributed by atoms with Gasteiger partial charge in [-0.2, -0.15) is 0 Å². The van der Waals surface area contributed by atoms with Crippen LogP contribution >= 0.6 is 0 Å². The molecule has 3 amide bonds. The summed E-state index contributed by atoms with van der Waals surface area (Å²) in [7, 11) is 1.25. The standard InChI is InChI=1S/C19H33N3O6.C2H6/c1-12(2)22(15(23)11-21-18(26)28-19(3,4)5)14(17(25)27-6)10-13-8-7-9-20-16(13)24;1-2/h12-14H,7-11H2,1-6H3,(H,20,24)(H,21,26);1-2H3/t13-,14?;/m0./s1. The van der Waals surface area contributed by atoms with E-state index in [2.05, 4.69) is 10.6 Å². The van der Waals surface area contributed by atoms with Crippen molar-refractivity contribution >= 4 is 23.9 Å². The molecule has 0 radical (unpaired) electrons. The molecule has 1 rings (SSSR count). The van der Waals surface area contributed by atoms with Gasteiger partial charge in [-0.1, -0.05) is 13.8 Å². The van der Waals surface area contributed by atoms with Crippen LogP contribution in [0.25, 0.3) is 0 Å². The van der Waals surface area contributed by atoms with Gasteiger partial charge in [0.1, 0.15) is 18.2 Å². The van der Waals surface area contributed by atoms with Crippen molar-refractivity contribution in [1.82, 2.24) is 15.5 Å². The minimum atomic E-state index is -0.910. The Labute approximate surface area is 180 Å². The molecule has 9 heteroatoms. The van der Waals surface area contributed by atoms with Gasteiger partial charge in [-0.25, -0.2) is 9.59 Å². The molecule has 0 spiro atoms. The molecule has 1 unspecified atom stereocenters. The van der Waals surface area contributed by atoms with E-state index in [1.807, 2.05) is 13.8 Å². The molecule has 9 nitrogen and oxygen atoms in total. The fourth-order valence-corrected chi connectivity index (χ4v) is 3.16. The van der Waals surface area contributed by atoms with Gasteiger partial charge in [0.05, 0.1) is 7.11 Å². The van der Waals surface area contributed by atoms with E-state index in [4.69, 9.17) is 9.47 Å². The number of esters is 1. The molecule has 2 atom stereocenters. The van der Waals surface area contributed by atoms with E-state index in [-0.39, 0.29) is 30.8 Å². The van der Waals surface area contributed by atoms with Gasteiger partial charge in [0.25, 0.3) is 0 Å². The van der Waals surface area contributed by atoms with Crippen molar-refractivity contribution in [3.05, 3.63) is 0 Å². The topological polar surface area (TPSA) is 114 Å². The summed E-state index contributed by atoms with van der Waals surface area (Å²) < 4.78 is 10.0. The fraction of sp³-hybridized carbons (Fsp3) is 0.810. The van der Waals surface area contributed by atoms with E-state index in [0.29, 0.717) is 13.0 Å². The zero-order valence-electron chi connectivity index (χ0n) is 19.7. The number of hydrogen-bond acceptors (Lipinski definition) is 6. The number of nitrogens with one attached hydrogen (secondary N) is 2. The zero-order chi connectivity index (χ0) is 23.5. The Bertz CT molecular complexity index is 586. The number of piperidine rings is 1. The van der Waals surface area contributed by atoms with Crippen LogP contribution in [0.1, 0.15) is 67.7 Å². The number of rotatable bonds is 7. The number of amides is 3. The van der Waals surface area contributed by atoms with Crippen molar-refractivity contribution in [2.75, 3.05) is 20.2 Å². The third kappa shape index (κ3) is 9.45. The first-order valence-electron chi connectivity index (χ1n) is 10.6. The molecular weight excluding hydrogens is 390 g/mol. The van der Waals surface area contributed by atoms with Gasteiger partial charge >= 0.3 is 12.1 Å². The van der Waals surface area contributed by atoms with Gasteiger partial charge in [-0.3, -0.25) is 9.59 Å². The molecule has 0 saturated carbocycles. The monoisotopic (exact) mass is 429 g/mol. The number of carbonyl (C=O) groups excluding carboxylic acids is 4. The quantitative estimate of drug-likeness (QED) is 0.600. The second kappa shape index (κ2) is 13.1. The van der Waals surface area contributed by atoms with Gasteiger partial charge in [0.15, 0.2) is 0 Å². The van der Waals surface area contributed by atoms with E-state index in [0.717, 1.165) is 6.42 Å². The molecule has 0 bridgehead atoms. The predicted octanol–water partition coefficient (Wildman–Crippen LogP) is 2.23. The third-order valence-corrected chi connectivity index (χ3v) is 4.34. The third-order valence-electron chi connectivity index (χ3n) is 4.34. The summed E-state index contributed by atoms with van der Waals surface area (Å²) in [5.74, 6) is -1.53. The lowest BCUT2D eigenvalue weighted by molar-refractivity contribution is -0.155. The number of ether oxygens (including phenoxy) is 2. The molecule has 30 heavy (non-hydrogen) atoms. The van der Waals surface area contributed by atoms with E-state index in [1.165, 1.54) is 12.0 Å². The SMILES string of the molecule is CC.COC(=O)C(C[C@@H]1CCCNC1=O)N(C(=O)CNC(=O)OC(C)(C)C)C(C)C. The average Bonchev–Trinajstić information content (AvgIpc) is 2.66. The van der Waals surface area contributed by atoms with Crippen LogP contribution in [0.15, 0.2) is 0 Å². The second-order valence-corrected chi connectivity index (χ2v) is 8.16. The Morgan fingerprint density at radius 3 is 2.30 bits per heavy atom. The normalized spacial score (nSPS) is 17.1. The Kier molecular flexibility index (Phi) is 12.1. The Morgan fingerprint density at radius 1 is 1.23 bits per heavy atom. The number of carbonyl (C=O) groups is 4. The Hall–Kier alpha value is -2.32. The molecule has 0 aromatic carbocycles. The highest BCUT2D eigenvalue weighted by Crippen LogP contribution is 2.22. The van der Waals surface area contributed by atoms with Crippen molar-refractivity contribution in [3.63, 3.8) is 0 Å². The first-order chi connectivity index (χ1) is 14.0. The first-order valence-corrected chi connectivity index (χ1v) is 10.6. The Morgan fingerprint density at radius 2 is 1.83 bits per heavy atom. The number of hydrogen-bond donors (Lipinski definition) is 2. The van der Waals surface area contributed by atoms with E-state index >= 15 is 0 Å². The van der Waals surface area contributed by atoms with Crippen molar-refractivity contribution in [2.24, 2.45) is 5.92 Å². The zero-order valence-corrected chi connectivity index (χ0v) is 19.7. The molecule has 1 saturated heterocycles. The summed E-state index contributed by atoms with van der Waals surface area (Å²) in [6.07, 6.45) is 0.927. The minimum absolute atomic E-state index is 0.122. The summed E-state index contributed by atoms with van der Waals surface area (Å²) in [6.45, 7) is 13.0. The fourth-order valence-electron chi connectivity index (χ4n) is 3.16. The maximum Gasteiger partial charge on any atom is 0.408 e. The summed E-state index contributed by atoms with van der Waals surface area (Å²) >= 11 is 0. The summed E-state index contributed by atoms with van der Waals surface area (Å²) in [6, 6.07) is -1.24. The first kappa shape index (κ1) is 27.7. The van der Waals surface area contributed by atoms with E-state index < -0.39 is 29.6 Å². The van der Waals surface area contributed by atoms with Crippen LogP contribution in [0.2, 0.25) is 0 Å². The molecule has 174 valence electrons. The van der Waals surface area contributed by atoms with Crippen molar-refractivity contribution in [2.45, 2.75) is 85.4 Å². The van der Waals surface area contributed by atoms with Crippen LogP contribution in [0, 0.1) is 5.92 Å². The lowest BCUT2D eigenvalue weighted by atomic mass is 9.90. The smallest absolute Gasteiger partial charge is 0.408 e. The number of methoxy groups -OCH3 is 1. The molecule has 2 N–H and O–H groups in total. The van der Waals surface area contributed by atoms with Crippen molar-refractivity contribution in [3.8, 4) is 0 Å². The van der Waals surface area contributed by atoms with Crippen LogP contribution in [0.4, 0.5) is 4.79 Å². The van der Waals surface area contributed by atoms with Crippen LogP contribution in [-0.4, -0.2) is 66.7 Å². The van der Waals surface area contributed by atoms with Gasteiger partial charge in [0, 0.05) is 18.5 Å².